The summed E-state index contributed by atoms with van der Waals surface area (Å²) in [7, 11) is -3.41. The van der Waals surface area contributed by atoms with Gasteiger partial charge in [-0.2, -0.15) is 5.10 Å². The first-order valence-corrected chi connectivity index (χ1v) is 15.2. The maximum atomic E-state index is 13.4. The molecule has 1 amide bonds. The predicted molar refractivity (Wildman–Crippen MR) is 147 cm³/mol. The maximum Gasteiger partial charge on any atom is 0.280 e. The molecule has 4 aromatic rings. The summed E-state index contributed by atoms with van der Waals surface area (Å²) in [5.41, 5.74) is 2.71. The molecule has 10 nitrogen and oxygen atoms in total. The average molecular weight is 572 g/mol. The van der Waals surface area contributed by atoms with Gasteiger partial charge in [-0.25, -0.2) is 17.9 Å². The normalized spacial score (nSPS) is 17.1. The first-order valence-electron chi connectivity index (χ1n) is 12.5. The Morgan fingerprint density at radius 2 is 1.97 bits per heavy atom. The molecule has 0 spiro atoms. The van der Waals surface area contributed by atoms with E-state index in [0.717, 1.165) is 41.9 Å². The smallest absolute Gasteiger partial charge is 0.280 e. The molecule has 0 radical (unpaired) electrons. The van der Waals surface area contributed by atoms with E-state index in [0.29, 0.717) is 40.8 Å². The summed E-state index contributed by atoms with van der Waals surface area (Å²) >= 11 is 7.45. The second-order valence-electron chi connectivity index (χ2n) is 9.61. The number of halogens is 1. The summed E-state index contributed by atoms with van der Waals surface area (Å²) in [4.78, 5) is 25.3. The Bertz CT molecular complexity index is 1590. The maximum absolute atomic E-state index is 13.4. The molecule has 1 aliphatic heterocycles. The summed E-state index contributed by atoms with van der Waals surface area (Å²) < 4.78 is 29.3. The van der Waals surface area contributed by atoms with Crippen molar-refractivity contribution in [3.63, 3.8) is 0 Å². The first kappa shape index (κ1) is 25.2. The van der Waals surface area contributed by atoms with Gasteiger partial charge in [-0.1, -0.05) is 11.6 Å². The summed E-state index contributed by atoms with van der Waals surface area (Å²) in [6, 6.07) is 6.49. The molecule has 0 bridgehead atoms. The number of fused-ring (bicyclic) bond motifs is 1. The fraction of sp³-hybridized carbons (Fsp3) is 0.360. The summed E-state index contributed by atoms with van der Waals surface area (Å²) in [5.74, 6) is -0.314. The van der Waals surface area contributed by atoms with E-state index in [1.54, 1.807) is 47.5 Å². The molecule has 1 atom stereocenters. The number of carbonyl (C=O) groups excluding carboxylic acids is 1. The van der Waals surface area contributed by atoms with Gasteiger partial charge in [0.05, 0.1) is 39.3 Å². The van der Waals surface area contributed by atoms with Crippen LogP contribution >= 0.6 is 22.9 Å². The molecular weight excluding hydrogens is 546 g/mol. The van der Waals surface area contributed by atoms with Gasteiger partial charge in [0.2, 0.25) is 10.0 Å². The average Bonchev–Trinajstić information content (AvgIpc) is 3.25. The molecule has 2 N–H and O–H groups in total. The molecule has 4 aromatic heterocycles. The van der Waals surface area contributed by atoms with E-state index < -0.39 is 16.1 Å². The van der Waals surface area contributed by atoms with Gasteiger partial charge in [0.1, 0.15) is 0 Å². The number of hydrogen-bond acceptors (Lipinski definition) is 8. The number of amides is 1. The Hall–Kier alpha value is -3.06. The van der Waals surface area contributed by atoms with Crippen molar-refractivity contribution in [3.05, 3.63) is 64.8 Å². The van der Waals surface area contributed by atoms with E-state index in [9.17, 15) is 13.2 Å². The molecule has 0 aromatic carbocycles. The number of hydrogen-bond donors (Lipinski definition) is 2. The molecule has 5 heterocycles. The van der Waals surface area contributed by atoms with E-state index in [4.69, 9.17) is 11.6 Å². The lowest BCUT2D eigenvalue weighted by Crippen LogP contribution is -2.37. The van der Waals surface area contributed by atoms with Crippen LogP contribution in [0, 0.1) is 0 Å². The van der Waals surface area contributed by atoms with Crippen LogP contribution in [0.5, 0.6) is 0 Å². The van der Waals surface area contributed by atoms with Gasteiger partial charge in [-0.3, -0.25) is 14.5 Å². The van der Waals surface area contributed by atoms with Crippen molar-refractivity contribution in [2.24, 2.45) is 0 Å². The molecule has 6 rings (SSSR count). The lowest BCUT2D eigenvalue weighted by atomic mass is 10.1. The number of rotatable bonds is 9. The highest BCUT2D eigenvalue weighted by Gasteiger charge is 2.36. The second-order valence-corrected chi connectivity index (χ2v) is 13.0. The fourth-order valence-corrected chi connectivity index (χ4v) is 7.01. The number of sulfonamides is 1. The van der Waals surface area contributed by atoms with Crippen LogP contribution in [-0.4, -0.2) is 63.7 Å². The highest BCUT2D eigenvalue weighted by atomic mass is 35.5. The van der Waals surface area contributed by atoms with Crippen molar-refractivity contribution in [1.82, 2.24) is 29.8 Å². The molecule has 198 valence electrons. The van der Waals surface area contributed by atoms with Crippen molar-refractivity contribution in [2.45, 2.75) is 37.0 Å². The van der Waals surface area contributed by atoms with E-state index in [1.807, 2.05) is 6.07 Å². The van der Waals surface area contributed by atoms with Crippen LogP contribution in [0.25, 0.3) is 16.0 Å². The van der Waals surface area contributed by atoms with Crippen LogP contribution in [0.1, 0.15) is 47.2 Å². The Morgan fingerprint density at radius 1 is 1.16 bits per heavy atom. The zero-order valence-corrected chi connectivity index (χ0v) is 22.8. The lowest BCUT2D eigenvalue weighted by Gasteiger charge is -2.24. The molecule has 1 saturated carbocycles. The third kappa shape index (κ3) is 5.39. The summed E-state index contributed by atoms with van der Waals surface area (Å²) in [6.45, 7) is 2.46. The number of anilines is 1. The molecule has 1 aliphatic carbocycles. The minimum atomic E-state index is -3.41. The highest BCUT2D eigenvalue weighted by molar-refractivity contribution is 7.93. The van der Waals surface area contributed by atoms with Crippen LogP contribution in [0.3, 0.4) is 0 Å². The van der Waals surface area contributed by atoms with E-state index in [1.165, 1.54) is 11.3 Å². The standard InChI is InChI=1S/C25H26ClN7O3S2/c26-16-6-10-33-22(11-16)19(13-29-33)23-14-28-25(37-23)24(34)30-21(15-32-8-1-2-9-32)20-12-17(5-7-27-20)31-38(35,36)18-3-4-18/h5-7,10-14,18,21H,1-4,8-9,15H2,(H,27,31)(H,30,34)/t21-/m0/s1. The Morgan fingerprint density at radius 3 is 2.76 bits per heavy atom. The van der Waals surface area contributed by atoms with Crippen molar-refractivity contribution < 1.29 is 13.2 Å². The minimum Gasteiger partial charge on any atom is -0.340 e. The van der Waals surface area contributed by atoms with Gasteiger partial charge in [0.25, 0.3) is 5.91 Å². The van der Waals surface area contributed by atoms with Crippen LogP contribution in [0.4, 0.5) is 5.69 Å². The van der Waals surface area contributed by atoms with Gasteiger partial charge in [0, 0.05) is 35.7 Å². The van der Waals surface area contributed by atoms with Crippen molar-refractivity contribution in [3.8, 4) is 10.4 Å². The van der Waals surface area contributed by atoms with Crippen LogP contribution in [0.2, 0.25) is 5.02 Å². The number of pyridine rings is 2. The van der Waals surface area contributed by atoms with Crippen molar-refractivity contribution in [2.75, 3.05) is 24.4 Å². The number of nitrogens with one attached hydrogen (secondary N) is 2. The first-order chi connectivity index (χ1) is 18.4. The zero-order valence-electron chi connectivity index (χ0n) is 20.4. The van der Waals surface area contributed by atoms with Gasteiger partial charge in [0.15, 0.2) is 5.01 Å². The largest absolute Gasteiger partial charge is 0.340 e. The number of aromatic nitrogens is 4. The van der Waals surface area contributed by atoms with Crippen LogP contribution < -0.4 is 10.0 Å². The van der Waals surface area contributed by atoms with Crippen molar-refractivity contribution in [1.29, 1.82) is 0 Å². The summed E-state index contributed by atoms with van der Waals surface area (Å²) in [6.07, 6.45) is 10.3. The van der Waals surface area contributed by atoms with E-state index in [2.05, 4.69) is 30.0 Å². The van der Waals surface area contributed by atoms with Gasteiger partial charge >= 0.3 is 0 Å². The topological polar surface area (TPSA) is 122 Å². The molecule has 38 heavy (non-hydrogen) atoms. The monoisotopic (exact) mass is 571 g/mol. The number of carbonyl (C=O) groups is 1. The van der Waals surface area contributed by atoms with Crippen molar-refractivity contribution >= 4 is 50.1 Å². The zero-order chi connectivity index (χ0) is 26.3. The molecule has 13 heteroatoms. The highest BCUT2D eigenvalue weighted by Crippen LogP contribution is 2.32. The van der Waals surface area contributed by atoms with Gasteiger partial charge < -0.3 is 10.2 Å². The number of nitrogens with zero attached hydrogens (tertiary/aromatic N) is 5. The number of thiazole rings is 1. The van der Waals surface area contributed by atoms with Crippen LogP contribution in [0.15, 0.2) is 49.1 Å². The van der Waals surface area contributed by atoms with E-state index in [-0.39, 0.29) is 11.2 Å². The van der Waals surface area contributed by atoms with Gasteiger partial charge in [-0.15, -0.1) is 11.3 Å². The van der Waals surface area contributed by atoms with Gasteiger partial charge in [-0.05, 0) is 63.0 Å². The lowest BCUT2D eigenvalue weighted by molar-refractivity contribution is 0.0925. The molecule has 2 aliphatic rings. The van der Waals surface area contributed by atoms with Crippen LogP contribution in [-0.2, 0) is 10.0 Å². The number of likely N-dealkylation sites (tertiary alicyclic amines) is 1. The Labute approximate surface area is 229 Å². The Kier molecular flexibility index (Phi) is 6.81. The summed E-state index contributed by atoms with van der Waals surface area (Å²) in [5, 5.41) is 8.03. The van der Waals surface area contributed by atoms with E-state index >= 15 is 0 Å². The molecule has 1 saturated heterocycles. The third-order valence-corrected chi connectivity index (χ3v) is 9.89. The Balaban J connectivity index is 1.24. The molecular formula is C25H26ClN7O3S2. The predicted octanol–water partition coefficient (Wildman–Crippen LogP) is 3.98. The molecule has 2 fully saturated rings. The minimum absolute atomic E-state index is 0.314. The third-order valence-electron chi connectivity index (χ3n) is 6.76. The quantitative estimate of drug-likeness (QED) is 0.312. The second kappa shape index (κ2) is 10.3. The fourth-order valence-electron chi connectivity index (χ4n) is 4.63. The SMILES string of the molecule is O=C(N[C@@H](CN1CCCC1)c1cc(NS(=O)(=O)C2CC2)ccn1)c1ncc(-c2cnn3ccc(Cl)cc23)s1. The molecule has 0 unspecified atom stereocenters.